The SMILES string of the molecule is CNC(=O)CN1CC[C@@]12CCN(C(=O)Cc1ccccc1)C2. The lowest BCUT2D eigenvalue weighted by Gasteiger charge is -2.50. The number of rotatable bonds is 4. The molecule has 0 aliphatic carbocycles. The smallest absolute Gasteiger partial charge is 0.233 e. The largest absolute Gasteiger partial charge is 0.358 e. The van der Waals surface area contributed by atoms with E-state index in [9.17, 15) is 9.59 Å². The van der Waals surface area contributed by atoms with Gasteiger partial charge in [0.25, 0.3) is 0 Å². The molecule has 1 spiro atoms. The molecule has 2 aliphatic heterocycles. The molecule has 1 aromatic carbocycles. The van der Waals surface area contributed by atoms with Gasteiger partial charge in [0.2, 0.25) is 11.8 Å². The first kappa shape index (κ1) is 15.0. The molecule has 3 rings (SSSR count). The maximum Gasteiger partial charge on any atom is 0.233 e. The summed E-state index contributed by atoms with van der Waals surface area (Å²) in [5, 5.41) is 2.68. The lowest BCUT2D eigenvalue weighted by molar-refractivity contribution is -0.131. The summed E-state index contributed by atoms with van der Waals surface area (Å²) in [6.45, 7) is 2.96. The molecule has 2 fully saturated rings. The van der Waals surface area contributed by atoms with E-state index in [-0.39, 0.29) is 17.4 Å². The molecule has 2 aliphatic rings. The molecule has 0 bridgehead atoms. The lowest BCUT2D eigenvalue weighted by Crippen LogP contribution is -2.63. The van der Waals surface area contributed by atoms with Crippen LogP contribution in [0.3, 0.4) is 0 Å². The summed E-state index contributed by atoms with van der Waals surface area (Å²) >= 11 is 0. The maximum atomic E-state index is 12.5. The van der Waals surface area contributed by atoms with Crippen molar-refractivity contribution in [3.8, 4) is 0 Å². The number of likely N-dealkylation sites (N-methyl/N-ethyl adjacent to an activating group) is 1. The second-order valence-corrected chi connectivity index (χ2v) is 6.30. The number of benzene rings is 1. The predicted octanol–water partition coefficient (Wildman–Crippen LogP) is 0.652. The second kappa shape index (κ2) is 6.08. The van der Waals surface area contributed by atoms with Gasteiger partial charge in [-0.05, 0) is 18.4 Å². The van der Waals surface area contributed by atoms with Gasteiger partial charge in [0.15, 0.2) is 0 Å². The zero-order chi connectivity index (χ0) is 15.6. The molecule has 0 radical (unpaired) electrons. The van der Waals surface area contributed by atoms with Crippen LogP contribution in [-0.4, -0.2) is 60.4 Å². The fourth-order valence-electron chi connectivity index (χ4n) is 3.50. The van der Waals surface area contributed by atoms with Gasteiger partial charge >= 0.3 is 0 Å². The number of likely N-dealkylation sites (tertiary alicyclic amines) is 2. The molecule has 5 nitrogen and oxygen atoms in total. The van der Waals surface area contributed by atoms with Crippen LogP contribution in [-0.2, 0) is 16.0 Å². The summed E-state index contributed by atoms with van der Waals surface area (Å²) in [4.78, 5) is 28.2. The van der Waals surface area contributed by atoms with Gasteiger partial charge in [0, 0.05) is 32.2 Å². The molecule has 22 heavy (non-hydrogen) atoms. The Morgan fingerprint density at radius 3 is 2.55 bits per heavy atom. The molecule has 1 atom stereocenters. The molecule has 5 heteroatoms. The van der Waals surface area contributed by atoms with E-state index >= 15 is 0 Å². The van der Waals surface area contributed by atoms with Crippen LogP contribution in [0.4, 0.5) is 0 Å². The van der Waals surface area contributed by atoms with E-state index in [0.29, 0.717) is 13.0 Å². The van der Waals surface area contributed by atoms with Crippen molar-refractivity contribution in [2.24, 2.45) is 0 Å². The van der Waals surface area contributed by atoms with Crippen LogP contribution in [0, 0.1) is 0 Å². The minimum absolute atomic E-state index is 0.0405. The Morgan fingerprint density at radius 2 is 1.91 bits per heavy atom. The van der Waals surface area contributed by atoms with E-state index in [0.717, 1.165) is 38.0 Å². The minimum atomic E-state index is 0.0405. The Bertz CT molecular complexity index is 560. The molecular formula is C17H23N3O2. The van der Waals surface area contributed by atoms with Crippen LogP contribution in [0.15, 0.2) is 30.3 Å². The first-order chi connectivity index (χ1) is 10.6. The van der Waals surface area contributed by atoms with Crippen molar-refractivity contribution in [1.29, 1.82) is 0 Å². The van der Waals surface area contributed by atoms with E-state index in [2.05, 4.69) is 10.2 Å². The number of amides is 2. The fraction of sp³-hybridized carbons (Fsp3) is 0.529. The van der Waals surface area contributed by atoms with Crippen LogP contribution in [0.5, 0.6) is 0 Å². The van der Waals surface area contributed by atoms with Crippen LogP contribution in [0.25, 0.3) is 0 Å². The zero-order valence-corrected chi connectivity index (χ0v) is 13.0. The van der Waals surface area contributed by atoms with Gasteiger partial charge in [-0.2, -0.15) is 0 Å². The van der Waals surface area contributed by atoms with Crippen molar-refractivity contribution in [1.82, 2.24) is 15.1 Å². The van der Waals surface area contributed by atoms with Gasteiger partial charge in [-0.3, -0.25) is 14.5 Å². The predicted molar refractivity (Wildman–Crippen MR) is 84.3 cm³/mol. The third-order valence-electron chi connectivity index (χ3n) is 5.01. The molecule has 2 heterocycles. The van der Waals surface area contributed by atoms with Crippen LogP contribution < -0.4 is 5.32 Å². The molecule has 118 valence electrons. The van der Waals surface area contributed by atoms with E-state index in [4.69, 9.17) is 0 Å². The second-order valence-electron chi connectivity index (χ2n) is 6.30. The van der Waals surface area contributed by atoms with Crippen molar-refractivity contribution >= 4 is 11.8 Å². The Hall–Kier alpha value is -1.88. The highest BCUT2D eigenvalue weighted by atomic mass is 16.2. The van der Waals surface area contributed by atoms with Crippen molar-refractivity contribution in [2.75, 3.05) is 33.2 Å². The third kappa shape index (κ3) is 2.86. The molecule has 1 N–H and O–H groups in total. The molecule has 2 saturated heterocycles. The van der Waals surface area contributed by atoms with Gasteiger partial charge in [0.05, 0.1) is 13.0 Å². The number of nitrogens with zero attached hydrogens (tertiary/aromatic N) is 2. The highest BCUT2D eigenvalue weighted by Crippen LogP contribution is 2.38. The molecule has 1 aromatic rings. The Morgan fingerprint density at radius 1 is 1.18 bits per heavy atom. The number of nitrogens with one attached hydrogen (secondary N) is 1. The number of carbonyl (C=O) groups is 2. The van der Waals surface area contributed by atoms with E-state index in [1.807, 2.05) is 35.2 Å². The highest BCUT2D eigenvalue weighted by Gasteiger charge is 2.50. The number of carbonyl (C=O) groups excluding carboxylic acids is 2. The minimum Gasteiger partial charge on any atom is -0.358 e. The van der Waals surface area contributed by atoms with Gasteiger partial charge in [0.1, 0.15) is 0 Å². The monoisotopic (exact) mass is 301 g/mol. The fourth-order valence-corrected chi connectivity index (χ4v) is 3.50. The first-order valence-electron chi connectivity index (χ1n) is 7.90. The topological polar surface area (TPSA) is 52.7 Å². The molecule has 0 aromatic heterocycles. The van der Waals surface area contributed by atoms with Gasteiger partial charge in [-0.15, -0.1) is 0 Å². The molecule has 2 amide bonds. The Kier molecular flexibility index (Phi) is 4.16. The molecule has 0 saturated carbocycles. The highest BCUT2D eigenvalue weighted by molar-refractivity contribution is 5.80. The molecule has 0 unspecified atom stereocenters. The Balaban J connectivity index is 1.58. The summed E-state index contributed by atoms with van der Waals surface area (Å²) in [5.41, 5.74) is 1.10. The van der Waals surface area contributed by atoms with E-state index in [1.165, 1.54) is 0 Å². The van der Waals surface area contributed by atoms with Crippen LogP contribution in [0.2, 0.25) is 0 Å². The Labute approximate surface area is 131 Å². The van der Waals surface area contributed by atoms with Crippen molar-refractivity contribution in [3.05, 3.63) is 35.9 Å². The van der Waals surface area contributed by atoms with E-state index < -0.39 is 0 Å². The molecular weight excluding hydrogens is 278 g/mol. The summed E-state index contributed by atoms with van der Waals surface area (Å²) < 4.78 is 0. The number of hydrogen-bond acceptors (Lipinski definition) is 3. The van der Waals surface area contributed by atoms with Crippen LogP contribution >= 0.6 is 0 Å². The quantitative estimate of drug-likeness (QED) is 0.888. The summed E-state index contributed by atoms with van der Waals surface area (Å²) in [6.07, 6.45) is 2.52. The van der Waals surface area contributed by atoms with Crippen molar-refractivity contribution in [3.63, 3.8) is 0 Å². The average molecular weight is 301 g/mol. The average Bonchev–Trinajstić information content (AvgIpc) is 3.00. The third-order valence-corrected chi connectivity index (χ3v) is 5.01. The van der Waals surface area contributed by atoms with E-state index in [1.54, 1.807) is 7.05 Å². The zero-order valence-electron chi connectivity index (χ0n) is 13.0. The summed E-state index contributed by atoms with van der Waals surface area (Å²) in [7, 11) is 1.67. The standard InChI is InChI=1S/C17H23N3O2/c1-18-15(21)12-20-10-8-17(20)7-9-19(13-17)16(22)11-14-5-3-2-4-6-14/h2-6H,7-13H2,1H3,(H,18,21)/t17-/m1/s1. The van der Waals surface area contributed by atoms with Gasteiger partial charge < -0.3 is 10.2 Å². The van der Waals surface area contributed by atoms with Crippen molar-refractivity contribution in [2.45, 2.75) is 24.8 Å². The summed E-state index contributed by atoms with van der Waals surface area (Å²) in [6, 6.07) is 9.87. The maximum absolute atomic E-state index is 12.5. The van der Waals surface area contributed by atoms with Crippen LogP contribution in [0.1, 0.15) is 18.4 Å². The lowest BCUT2D eigenvalue weighted by atomic mass is 9.83. The number of hydrogen-bond donors (Lipinski definition) is 1. The van der Waals surface area contributed by atoms with Gasteiger partial charge in [-0.1, -0.05) is 30.3 Å². The normalized spacial score (nSPS) is 24.3. The first-order valence-corrected chi connectivity index (χ1v) is 7.90. The van der Waals surface area contributed by atoms with Crippen molar-refractivity contribution < 1.29 is 9.59 Å². The summed E-state index contributed by atoms with van der Waals surface area (Å²) in [5.74, 6) is 0.239. The van der Waals surface area contributed by atoms with Gasteiger partial charge in [-0.25, -0.2) is 0 Å².